The molecule has 3 N–H and O–H groups in total. The van der Waals surface area contributed by atoms with Crippen LogP contribution in [0, 0.1) is 37.5 Å². The minimum atomic E-state index is -1.56. The van der Waals surface area contributed by atoms with Crippen molar-refractivity contribution in [3.8, 4) is 0 Å². The summed E-state index contributed by atoms with van der Waals surface area (Å²) in [6.45, 7) is 16.5. The largest absolute Gasteiger partial charge is 0.454 e. The first-order valence-electron chi connectivity index (χ1n) is 19.1. The fourth-order valence-corrected chi connectivity index (χ4v) is 10.3. The SMILES string of the molecule is CC(=O)O[C@@H]1C(C)=C[C@@H]2[C@H](C(C)CN3CCN(c4ccc(C)cc4C)CC3)CC[C@@H](C)[C@]2(O)[C@H]1OC(=O)[C@@H]1C[C@@]2(O)c3cccc(Cl)c3N(C)O[C@H]2N1. The maximum absolute atomic E-state index is 14.2. The van der Waals surface area contributed by atoms with Gasteiger partial charge in [-0.2, -0.15) is 0 Å². The quantitative estimate of drug-likeness (QED) is 0.266. The van der Waals surface area contributed by atoms with Crippen molar-refractivity contribution in [3.63, 3.8) is 0 Å². The van der Waals surface area contributed by atoms with Crippen molar-refractivity contribution < 1.29 is 34.1 Å². The average Bonchev–Trinajstić information content (AvgIpc) is 3.45. The number of nitrogens with zero attached hydrogens (tertiary/aromatic N) is 3. The molecule has 1 saturated carbocycles. The van der Waals surface area contributed by atoms with Gasteiger partial charge in [-0.15, -0.1) is 0 Å². The van der Waals surface area contributed by atoms with Crippen LogP contribution in [0.5, 0.6) is 0 Å². The molecule has 3 heterocycles. The summed E-state index contributed by atoms with van der Waals surface area (Å²) in [7, 11) is 1.70. The Hall–Kier alpha value is -3.19. The standard InChI is InChI=1S/C41H55ClN4O7/c1-23-11-14-34(24(2)19-23)46-17-15-45(16-18-46)22-26(4)29-13-12-27(5)41(50)31(29)20-25(3)36(51-28(6)47)37(41)52-38(48)33-21-40(49)30-9-8-10-32(42)35(30)44(7)53-39(40)43-33/h8-11,14,19-20,26-27,29,31,33,36-37,39,43,49-50H,12-13,15-18,21-22H2,1-7H3/t26?,27-,29+,31-,33+,36-,37+,39-,40-,41-/m1/s1. The van der Waals surface area contributed by atoms with Crippen molar-refractivity contribution >= 4 is 34.9 Å². The molecular formula is C41H55ClN4O7. The first kappa shape index (κ1) is 38.1. The number of hydroxylamine groups is 1. The molecule has 10 atom stereocenters. The molecule has 53 heavy (non-hydrogen) atoms. The van der Waals surface area contributed by atoms with E-state index in [1.54, 1.807) is 25.2 Å². The summed E-state index contributed by atoms with van der Waals surface area (Å²) in [4.78, 5) is 37.7. The Bertz CT molecular complexity index is 1770. The van der Waals surface area contributed by atoms with Gasteiger partial charge < -0.3 is 24.6 Å². The molecule has 1 unspecified atom stereocenters. The lowest BCUT2D eigenvalue weighted by atomic mass is 9.55. The lowest BCUT2D eigenvalue weighted by molar-refractivity contribution is -0.225. The van der Waals surface area contributed by atoms with Gasteiger partial charge in [0.25, 0.3) is 0 Å². The predicted octanol–water partition coefficient (Wildman–Crippen LogP) is 4.87. The lowest BCUT2D eigenvalue weighted by Gasteiger charge is -2.56. The Labute approximate surface area is 318 Å². The number of carbonyl (C=O) groups excluding carboxylic acids is 2. The van der Waals surface area contributed by atoms with Crippen LogP contribution in [-0.4, -0.2) is 96.9 Å². The van der Waals surface area contributed by atoms with E-state index in [2.05, 4.69) is 60.2 Å². The molecule has 3 aliphatic heterocycles. The second-order valence-electron chi connectivity index (χ2n) is 16.4. The normalized spacial score (nSPS) is 34.8. The highest BCUT2D eigenvalue weighted by atomic mass is 35.5. The van der Waals surface area contributed by atoms with Crippen LogP contribution in [0.2, 0.25) is 5.02 Å². The van der Waals surface area contributed by atoms with Crippen LogP contribution in [0.3, 0.4) is 0 Å². The molecule has 3 fully saturated rings. The highest BCUT2D eigenvalue weighted by molar-refractivity contribution is 6.33. The molecule has 0 aromatic heterocycles. The number of aryl methyl sites for hydroxylation is 2. The number of ether oxygens (including phenoxy) is 2. The van der Waals surface area contributed by atoms with E-state index in [4.69, 9.17) is 25.9 Å². The number of aliphatic hydroxyl groups is 2. The Kier molecular flexibility index (Phi) is 10.4. The molecule has 2 aliphatic carbocycles. The highest BCUT2D eigenvalue weighted by Gasteiger charge is 2.62. The summed E-state index contributed by atoms with van der Waals surface area (Å²) in [6.07, 6.45) is 0.647. The molecule has 12 heteroatoms. The summed E-state index contributed by atoms with van der Waals surface area (Å²) in [5.41, 5.74) is 2.65. The van der Waals surface area contributed by atoms with E-state index < -0.39 is 47.6 Å². The molecule has 288 valence electrons. The molecule has 2 aromatic carbocycles. The third-order valence-corrected chi connectivity index (χ3v) is 13.1. The topological polar surface area (TPSA) is 124 Å². The maximum atomic E-state index is 14.2. The number of hydrogen-bond donors (Lipinski definition) is 3. The van der Waals surface area contributed by atoms with Crippen LogP contribution in [0.25, 0.3) is 0 Å². The van der Waals surface area contributed by atoms with Crippen molar-refractivity contribution in [3.05, 3.63) is 69.8 Å². The van der Waals surface area contributed by atoms with Gasteiger partial charge in [0, 0.05) is 70.3 Å². The first-order chi connectivity index (χ1) is 25.1. The van der Waals surface area contributed by atoms with Crippen molar-refractivity contribution in [2.45, 2.75) is 96.5 Å². The molecular weight excluding hydrogens is 696 g/mol. The van der Waals surface area contributed by atoms with Gasteiger partial charge >= 0.3 is 11.9 Å². The van der Waals surface area contributed by atoms with Crippen LogP contribution in [0.4, 0.5) is 11.4 Å². The molecule has 0 bridgehead atoms. The minimum Gasteiger partial charge on any atom is -0.454 e. The zero-order valence-corrected chi connectivity index (χ0v) is 32.7. The number of nitrogens with one attached hydrogen (secondary N) is 1. The van der Waals surface area contributed by atoms with Gasteiger partial charge in [0.05, 0.1) is 10.7 Å². The molecule has 0 radical (unpaired) electrons. The van der Waals surface area contributed by atoms with Gasteiger partial charge in [-0.05, 0) is 74.6 Å². The van der Waals surface area contributed by atoms with E-state index in [1.807, 2.05) is 13.8 Å². The van der Waals surface area contributed by atoms with Crippen molar-refractivity contribution in [2.75, 3.05) is 49.7 Å². The Morgan fingerprint density at radius 1 is 1.08 bits per heavy atom. The fraction of sp³-hybridized carbons (Fsp3) is 0.610. The highest BCUT2D eigenvalue weighted by Crippen LogP contribution is 2.53. The zero-order chi connectivity index (χ0) is 38.0. The molecule has 2 saturated heterocycles. The van der Waals surface area contributed by atoms with Gasteiger partial charge in [0.15, 0.2) is 18.4 Å². The Balaban J connectivity index is 1.10. The molecule has 5 aliphatic rings. The number of para-hydroxylation sites is 1. The van der Waals surface area contributed by atoms with Crippen LogP contribution in [0.1, 0.15) is 63.6 Å². The van der Waals surface area contributed by atoms with E-state index >= 15 is 0 Å². The minimum absolute atomic E-state index is 0.0364. The summed E-state index contributed by atoms with van der Waals surface area (Å²) >= 11 is 6.49. The lowest BCUT2D eigenvalue weighted by Crippen LogP contribution is -2.66. The van der Waals surface area contributed by atoms with E-state index in [0.29, 0.717) is 16.3 Å². The number of benzene rings is 2. The van der Waals surface area contributed by atoms with Gasteiger partial charge in [-0.25, -0.2) is 0 Å². The number of hydrogen-bond acceptors (Lipinski definition) is 11. The van der Waals surface area contributed by atoms with Crippen molar-refractivity contribution in [1.82, 2.24) is 10.2 Å². The van der Waals surface area contributed by atoms with E-state index in [0.717, 1.165) is 51.1 Å². The molecule has 2 aromatic rings. The molecule has 7 rings (SSSR count). The fourth-order valence-electron chi connectivity index (χ4n) is 10.0. The monoisotopic (exact) mass is 750 g/mol. The predicted molar refractivity (Wildman–Crippen MR) is 203 cm³/mol. The number of anilines is 2. The number of rotatable bonds is 7. The maximum Gasteiger partial charge on any atom is 0.323 e. The second-order valence-corrected chi connectivity index (χ2v) is 16.8. The number of piperazine rings is 1. The van der Waals surface area contributed by atoms with Gasteiger partial charge in [0.2, 0.25) is 0 Å². The number of halogens is 1. The van der Waals surface area contributed by atoms with Gasteiger partial charge in [-0.3, -0.25) is 29.7 Å². The smallest absolute Gasteiger partial charge is 0.323 e. The first-order valence-corrected chi connectivity index (χ1v) is 19.5. The average molecular weight is 751 g/mol. The van der Waals surface area contributed by atoms with Crippen molar-refractivity contribution in [2.24, 2.45) is 23.7 Å². The van der Waals surface area contributed by atoms with Gasteiger partial charge in [0.1, 0.15) is 17.2 Å². The zero-order valence-electron chi connectivity index (χ0n) is 32.0. The molecule has 0 spiro atoms. The number of fused-ring (bicyclic) bond motifs is 4. The summed E-state index contributed by atoms with van der Waals surface area (Å²) in [5.74, 6) is -1.39. The van der Waals surface area contributed by atoms with Crippen LogP contribution in [-0.2, 0) is 29.5 Å². The molecule has 11 nitrogen and oxygen atoms in total. The van der Waals surface area contributed by atoms with Crippen LogP contribution >= 0.6 is 11.6 Å². The van der Waals surface area contributed by atoms with Crippen LogP contribution < -0.4 is 15.3 Å². The van der Waals surface area contributed by atoms with E-state index in [1.165, 1.54) is 28.8 Å². The third kappa shape index (κ3) is 6.76. The van der Waals surface area contributed by atoms with Crippen LogP contribution in [0.15, 0.2) is 48.0 Å². The number of carbonyl (C=O) groups is 2. The Morgan fingerprint density at radius 3 is 2.51 bits per heavy atom. The third-order valence-electron chi connectivity index (χ3n) is 12.8. The van der Waals surface area contributed by atoms with E-state index in [-0.39, 0.29) is 30.1 Å². The van der Waals surface area contributed by atoms with E-state index in [9.17, 15) is 19.8 Å². The Morgan fingerprint density at radius 2 is 1.81 bits per heavy atom. The number of esters is 2. The second kappa shape index (κ2) is 14.5. The molecule has 0 amide bonds. The summed E-state index contributed by atoms with van der Waals surface area (Å²) in [5, 5.41) is 29.9. The van der Waals surface area contributed by atoms with Crippen molar-refractivity contribution in [1.29, 1.82) is 0 Å². The van der Waals surface area contributed by atoms with Gasteiger partial charge in [-0.1, -0.05) is 61.4 Å². The summed E-state index contributed by atoms with van der Waals surface area (Å²) in [6, 6.07) is 10.9. The summed E-state index contributed by atoms with van der Waals surface area (Å²) < 4.78 is 12.2.